The van der Waals surface area contributed by atoms with Crippen LogP contribution in [0.1, 0.15) is 79.5 Å². The molecule has 6 heteroatoms. The number of amides is 1. The lowest BCUT2D eigenvalue weighted by Gasteiger charge is -2.35. The van der Waals surface area contributed by atoms with Crippen LogP contribution in [0.2, 0.25) is 0 Å². The minimum atomic E-state index is -0.590. The van der Waals surface area contributed by atoms with Crippen molar-refractivity contribution in [1.29, 1.82) is 0 Å². The highest BCUT2D eigenvalue weighted by Crippen LogP contribution is 2.45. The summed E-state index contributed by atoms with van der Waals surface area (Å²) in [6.45, 7) is 6.11. The summed E-state index contributed by atoms with van der Waals surface area (Å²) >= 11 is 1.54. The van der Waals surface area contributed by atoms with Crippen LogP contribution in [-0.2, 0) is 9.59 Å². The minimum absolute atomic E-state index is 0.0269. The Morgan fingerprint density at radius 3 is 2.47 bits per heavy atom. The highest BCUT2D eigenvalue weighted by molar-refractivity contribution is 7.10. The van der Waals surface area contributed by atoms with Crippen molar-refractivity contribution in [3.8, 4) is 5.75 Å². The quantitative estimate of drug-likeness (QED) is 0.345. The maximum atomic E-state index is 13.3. The Hall–Kier alpha value is -2.60. The van der Waals surface area contributed by atoms with E-state index in [4.69, 9.17) is 4.74 Å². The van der Waals surface area contributed by atoms with Crippen LogP contribution in [0, 0.1) is 6.92 Å². The Balaban J connectivity index is 1.88. The van der Waals surface area contributed by atoms with Gasteiger partial charge in [0, 0.05) is 16.5 Å². The fraction of sp³-hybridized carbons (Fsp3) is 0.462. The summed E-state index contributed by atoms with van der Waals surface area (Å²) in [7, 11) is 1.62. The number of likely N-dealkylation sites (tertiary alicyclic amines) is 1. The van der Waals surface area contributed by atoms with Gasteiger partial charge in [-0.15, -0.1) is 11.3 Å². The zero-order valence-corrected chi connectivity index (χ0v) is 20.0. The zero-order chi connectivity index (χ0) is 23.0. The summed E-state index contributed by atoms with van der Waals surface area (Å²) in [6, 6.07) is 6.93. The number of rotatable bonds is 5. The number of hydrogen-bond donors (Lipinski definition) is 1. The topological polar surface area (TPSA) is 66.8 Å². The highest BCUT2D eigenvalue weighted by atomic mass is 32.1. The van der Waals surface area contributed by atoms with E-state index in [-0.39, 0.29) is 23.3 Å². The number of aliphatic hydroxyl groups excluding tert-OH is 1. The Labute approximate surface area is 193 Å². The molecule has 1 aromatic heterocycles. The second-order valence-electron chi connectivity index (χ2n) is 9.08. The van der Waals surface area contributed by atoms with Crippen molar-refractivity contribution in [2.45, 2.75) is 70.9 Å². The molecule has 1 saturated heterocycles. The smallest absolute Gasteiger partial charge is 0.295 e. The molecule has 2 aromatic rings. The van der Waals surface area contributed by atoms with Crippen LogP contribution < -0.4 is 4.74 Å². The molecular weight excluding hydrogens is 422 g/mol. The fourth-order valence-electron chi connectivity index (χ4n) is 5.00. The molecule has 1 saturated carbocycles. The number of ether oxygens (including phenoxy) is 1. The first-order valence-electron chi connectivity index (χ1n) is 11.4. The molecule has 1 atom stereocenters. The van der Waals surface area contributed by atoms with E-state index in [1.165, 1.54) is 11.3 Å². The molecule has 1 amide bonds. The van der Waals surface area contributed by atoms with Crippen LogP contribution in [0.25, 0.3) is 5.76 Å². The van der Waals surface area contributed by atoms with Gasteiger partial charge in [0.15, 0.2) is 0 Å². The van der Waals surface area contributed by atoms with Crippen molar-refractivity contribution in [2.24, 2.45) is 0 Å². The lowest BCUT2D eigenvalue weighted by Crippen LogP contribution is -2.40. The number of Topliss-reactive ketones (excluding diaryl/α,β-unsaturated/α-hetero) is 1. The van der Waals surface area contributed by atoms with E-state index in [0.29, 0.717) is 5.56 Å². The summed E-state index contributed by atoms with van der Waals surface area (Å²) < 4.78 is 5.47. The molecule has 1 aliphatic carbocycles. The predicted molar refractivity (Wildman–Crippen MR) is 127 cm³/mol. The van der Waals surface area contributed by atoms with Crippen LogP contribution >= 0.6 is 11.3 Å². The maximum absolute atomic E-state index is 13.3. The van der Waals surface area contributed by atoms with Gasteiger partial charge >= 0.3 is 0 Å². The maximum Gasteiger partial charge on any atom is 0.295 e. The van der Waals surface area contributed by atoms with Gasteiger partial charge in [-0.25, -0.2) is 0 Å². The number of aliphatic hydroxyl groups is 1. The van der Waals surface area contributed by atoms with E-state index in [9.17, 15) is 14.7 Å². The SMILES string of the molecule is COc1ccc(/C(O)=C2/C(=O)C(=O)N(C3CCCCC3)C2c2sccc2C)cc1C(C)C. The summed E-state index contributed by atoms with van der Waals surface area (Å²) in [6.07, 6.45) is 5.06. The van der Waals surface area contributed by atoms with Gasteiger partial charge in [0.05, 0.1) is 12.7 Å². The Kier molecular flexibility index (Phi) is 6.42. The summed E-state index contributed by atoms with van der Waals surface area (Å²) in [5.41, 5.74) is 2.72. The van der Waals surface area contributed by atoms with E-state index in [0.717, 1.165) is 53.9 Å². The molecular formula is C26H31NO4S. The number of aryl methyl sites for hydroxylation is 1. The lowest BCUT2D eigenvalue weighted by molar-refractivity contribution is -0.141. The number of thiophene rings is 1. The second-order valence-corrected chi connectivity index (χ2v) is 10.0. The number of nitrogens with zero attached hydrogens (tertiary/aromatic N) is 1. The van der Waals surface area contributed by atoms with Crippen molar-refractivity contribution >= 4 is 28.8 Å². The van der Waals surface area contributed by atoms with E-state index in [1.807, 2.05) is 30.5 Å². The van der Waals surface area contributed by atoms with Crippen LogP contribution in [-0.4, -0.2) is 34.8 Å². The number of ketones is 1. The first-order chi connectivity index (χ1) is 15.3. The monoisotopic (exact) mass is 453 g/mol. The highest BCUT2D eigenvalue weighted by Gasteiger charge is 2.49. The van der Waals surface area contributed by atoms with Gasteiger partial charge in [0.25, 0.3) is 11.7 Å². The van der Waals surface area contributed by atoms with Gasteiger partial charge in [0.1, 0.15) is 17.6 Å². The molecule has 0 bridgehead atoms. The summed E-state index contributed by atoms with van der Waals surface area (Å²) in [5.74, 6) is -0.270. The predicted octanol–water partition coefficient (Wildman–Crippen LogP) is 5.94. The molecule has 4 rings (SSSR count). The van der Waals surface area contributed by atoms with Gasteiger partial charge in [-0.3, -0.25) is 9.59 Å². The number of hydrogen-bond acceptors (Lipinski definition) is 5. The van der Waals surface area contributed by atoms with Crippen LogP contribution in [0.15, 0.2) is 35.2 Å². The Bertz CT molecular complexity index is 1060. The van der Waals surface area contributed by atoms with Crippen molar-refractivity contribution in [3.63, 3.8) is 0 Å². The standard InChI is InChI=1S/C26H31NO4S/c1-15(2)19-14-17(10-11-20(19)31-4)23(28)21-22(25-16(3)12-13-32-25)27(26(30)24(21)29)18-8-6-5-7-9-18/h10-15,18,22,28H,5-9H2,1-4H3/b23-21-. The molecule has 32 heavy (non-hydrogen) atoms. The van der Waals surface area contributed by atoms with Crippen molar-refractivity contribution in [1.82, 2.24) is 4.90 Å². The molecule has 1 unspecified atom stereocenters. The normalized spacial score (nSPS) is 21.5. The average Bonchev–Trinajstić information content (AvgIpc) is 3.33. The largest absolute Gasteiger partial charge is 0.507 e. The molecule has 1 aliphatic heterocycles. The van der Waals surface area contributed by atoms with Crippen molar-refractivity contribution < 1.29 is 19.4 Å². The Morgan fingerprint density at radius 1 is 1.16 bits per heavy atom. The van der Waals surface area contributed by atoms with Gasteiger partial charge in [-0.2, -0.15) is 0 Å². The summed E-state index contributed by atoms with van der Waals surface area (Å²) in [4.78, 5) is 29.3. The fourth-order valence-corrected chi connectivity index (χ4v) is 6.03. The Morgan fingerprint density at radius 2 is 1.88 bits per heavy atom. The second kappa shape index (κ2) is 9.10. The first-order valence-corrected chi connectivity index (χ1v) is 12.3. The molecule has 0 spiro atoms. The van der Waals surface area contributed by atoms with Gasteiger partial charge in [-0.1, -0.05) is 33.1 Å². The third-order valence-electron chi connectivity index (χ3n) is 6.72. The van der Waals surface area contributed by atoms with Crippen LogP contribution in [0.3, 0.4) is 0 Å². The average molecular weight is 454 g/mol. The van der Waals surface area contributed by atoms with Gasteiger partial charge < -0.3 is 14.7 Å². The molecule has 170 valence electrons. The molecule has 2 aliphatic rings. The molecule has 2 heterocycles. The first kappa shape index (κ1) is 22.6. The number of benzene rings is 1. The van der Waals surface area contributed by atoms with Gasteiger partial charge in [-0.05, 0) is 66.5 Å². The minimum Gasteiger partial charge on any atom is -0.507 e. The number of methoxy groups -OCH3 is 1. The van der Waals surface area contributed by atoms with E-state index < -0.39 is 17.7 Å². The van der Waals surface area contributed by atoms with Crippen molar-refractivity contribution in [3.05, 3.63) is 56.8 Å². The van der Waals surface area contributed by atoms with E-state index >= 15 is 0 Å². The van der Waals surface area contributed by atoms with E-state index in [1.54, 1.807) is 18.1 Å². The number of carbonyl (C=O) groups is 2. The molecule has 2 fully saturated rings. The molecule has 5 nitrogen and oxygen atoms in total. The molecule has 1 N–H and O–H groups in total. The third kappa shape index (κ3) is 3.85. The van der Waals surface area contributed by atoms with Crippen molar-refractivity contribution in [2.75, 3.05) is 7.11 Å². The van der Waals surface area contributed by atoms with Crippen LogP contribution in [0.4, 0.5) is 0 Å². The third-order valence-corrected chi connectivity index (χ3v) is 7.79. The zero-order valence-electron chi connectivity index (χ0n) is 19.2. The van der Waals surface area contributed by atoms with Gasteiger partial charge in [0.2, 0.25) is 0 Å². The van der Waals surface area contributed by atoms with E-state index in [2.05, 4.69) is 13.8 Å². The lowest BCUT2D eigenvalue weighted by atomic mass is 9.92. The molecule has 1 aromatic carbocycles. The summed E-state index contributed by atoms with van der Waals surface area (Å²) in [5, 5.41) is 13.4. The van der Waals surface area contributed by atoms with Crippen LogP contribution in [0.5, 0.6) is 5.75 Å². The molecule has 0 radical (unpaired) electrons. The number of carbonyl (C=O) groups excluding carboxylic acids is 2.